The first-order valence-electron chi connectivity index (χ1n) is 7.45. The predicted octanol–water partition coefficient (Wildman–Crippen LogP) is 1.56. The maximum atomic E-state index is 12.1. The molecule has 0 bridgehead atoms. The summed E-state index contributed by atoms with van der Waals surface area (Å²) < 4.78 is 5.98. The smallest absolute Gasteiger partial charge is 0.319 e. The average Bonchev–Trinajstić information content (AvgIpc) is 3.05. The quantitative estimate of drug-likeness (QED) is 0.832. The lowest BCUT2D eigenvalue weighted by molar-refractivity contribution is 0.0523. The zero-order valence-corrected chi connectivity index (χ0v) is 13.5. The minimum atomic E-state index is 0.0936. The third-order valence-corrected chi connectivity index (χ3v) is 4.98. The van der Waals surface area contributed by atoms with Crippen LogP contribution in [0.25, 0.3) is 0 Å². The number of amides is 2. The Kier molecular flexibility index (Phi) is 4.47. The van der Waals surface area contributed by atoms with Crippen molar-refractivity contribution < 1.29 is 9.53 Å². The van der Waals surface area contributed by atoms with Crippen molar-refractivity contribution in [2.24, 2.45) is 5.92 Å². The highest BCUT2D eigenvalue weighted by Crippen LogP contribution is 2.25. The Hall–Kier alpha value is -1.11. The maximum Gasteiger partial charge on any atom is 0.319 e. The number of carbonyl (C=O) groups excluding carboxylic acids is 1. The molecule has 2 fully saturated rings. The van der Waals surface area contributed by atoms with Crippen molar-refractivity contribution in [1.82, 2.24) is 14.7 Å². The first-order chi connectivity index (χ1) is 10.1. The van der Waals surface area contributed by atoms with E-state index in [1.807, 2.05) is 4.90 Å². The molecule has 0 N–H and O–H groups in total. The summed E-state index contributed by atoms with van der Waals surface area (Å²) in [5.41, 5.74) is 1.37. The molecule has 2 saturated heterocycles. The van der Waals surface area contributed by atoms with E-state index in [1.165, 1.54) is 5.56 Å². The molecular formula is C15H23N3O2S. The Morgan fingerprint density at radius 3 is 3.00 bits per heavy atom. The number of ether oxygens (including phenoxy) is 1. The molecule has 0 spiro atoms. The number of nitrogens with zero attached hydrogens (tertiary/aromatic N) is 3. The van der Waals surface area contributed by atoms with Gasteiger partial charge in [-0.05, 0) is 22.4 Å². The van der Waals surface area contributed by atoms with Gasteiger partial charge in [0.2, 0.25) is 0 Å². The van der Waals surface area contributed by atoms with Crippen LogP contribution < -0.4 is 0 Å². The fourth-order valence-corrected chi connectivity index (χ4v) is 3.84. The first kappa shape index (κ1) is 14.8. The van der Waals surface area contributed by atoms with E-state index in [1.54, 1.807) is 30.3 Å². The molecule has 2 aliphatic heterocycles. The molecular weight excluding hydrogens is 286 g/mol. The van der Waals surface area contributed by atoms with E-state index >= 15 is 0 Å². The van der Waals surface area contributed by atoms with Crippen LogP contribution in [0.3, 0.4) is 0 Å². The summed E-state index contributed by atoms with van der Waals surface area (Å²) >= 11 is 1.74. The van der Waals surface area contributed by atoms with E-state index in [0.29, 0.717) is 5.92 Å². The largest absolute Gasteiger partial charge is 0.375 e. The van der Waals surface area contributed by atoms with E-state index in [9.17, 15) is 4.79 Å². The van der Waals surface area contributed by atoms with Crippen molar-refractivity contribution in [2.45, 2.75) is 12.6 Å². The van der Waals surface area contributed by atoms with Gasteiger partial charge in [0.25, 0.3) is 0 Å². The highest BCUT2D eigenvalue weighted by molar-refractivity contribution is 7.07. The van der Waals surface area contributed by atoms with Crippen LogP contribution in [0.15, 0.2) is 16.8 Å². The second-order valence-electron chi connectivity index (χ2n) is 6.12. The normalized spacial score (nSPS) is 26.5. The molecule has 0 aromatic carbocycles. The van der Waals surface area contributed by atoms with Gasteiger partial charge in [-0.2, -0.15) is 11.3 Å². The van der Waals surface area contributed by atoms with Crippen LogP contribution >= 0.6 is 11.3 Å². The number of fused-ring (bicyclic) bond motifs is 1. The lowest BCUT2D eigenvalue weighted by atomic mass is 10.1. The Morgan fingerprint density at radius 1 is 1.43 bits per heavy atom. The van der Waals surface area contributed by atoms with Crippen molar-refractivity contribution in [1.29, 1.82) is 0 Å². The molecule has 1 aromatic rings. The molecule has 0 unspecified atom stereocenters. The summed E-state index contributed by atoms with van der Waals surface area (Å²) in [4.78, 5) is 18.1. The van der Waals surface area contributed by atoms with E-state index < -0.39 is 0 Å². The fraction of sp³-hybridized carbons (Fsp3) is 0.667. The maximum absolute atomic E-state index is 12.1. The van der Waals surface area contributed by atoms with Crippen molar-refractivity contribution in [3.63, 3.8) is 0 Å². The number of urea groups is 1. The van der Waals surface area contributed by atoms with Gasteiger partial charge in [0.1, 0.15) is 0 Å². The van der Waals surface area contributed by atoms with Gasteiger partial charge in [0.05, 0.1) is 12.7 Å². The third kappa shape index (κ3) is 3.39. The van der Waals surface area contributed by atoms with Gasteiger partial charge >= 0.3 is 6.03 Å². The number of hydrogen-bond donors (Lipinski definition) is 0. The summed E-state index contributed by atoms with van der Waals surface area (Å²) in [5.74, 6) is 0.426. The molecule has 1 aromatic heterocycles. The highest BCUT2D eigenvalue weighted by atomic mass is 32.1. The van der Waals surface area contributed by atoms with Gasteiger partial charge in [-0.15, -0.1) is 0 Å². The van der Waals surface area contributed by atoms with Crippen LogP contribution in [0.5, 0.6) is 0 Å². The number of carbonyl (C=O) groups is 1. The van der Waals surface area contributed by atoms with Crippen LogP contribution in [0, 0.1) is 5.92 Å². The second kappa shape index (κ2) is 6.34. The molecule has 5 nitrogen and oxygen atoms in total. The number of rotatable bonds is 2. The summed E-state index contributed by atoms with van der Waals surface area (Å²) in [6.07, 6.45) is 0.196. The standard InChI is InChI=1S/C15H23N3O2S/c1-16(2)15(19)18-9-13-8-17(4-5-20-14(13)10-18)7-12-3-6-21-11-12/h3,6,11,13-14H,4-5,7-10H2,1-2H3/t13-,14+/m0/s1. The molecule has 116 valence electrons. The lowest BCUT2D eigenvalue weighted by Crippen LogP contribution is -2.39. The fourth-order valence-electron chi connectivity index (χ4n) is 3.19. The minimum absolute atomic E-state index is 0.0936. The SMILES string of the molecule is CN(C)C(=O)N1C[C@@H]2CN(Cc3ccsc3)CCO[C@@H]2C1. The van der Waals surface area contributed by atoms with Gasteiger partial charge in [0.15, 0.2) is 0 Å². The first-order valence-corrected chi connectivity index (χ1v) is 8.39. The van der Waals surface area contributed by atoms with Crippen molar-refractivity contribution >= 4 is 17.4 Å². The topological polar surface area (TPSA) is 36.0 Å². The lowest BCUT2D eigenvalue weighted by Gasteiger charge is -2.24. The molecule has 2 aliphatic rings. The molecule has 0 saturated carbocycles. The Labute approximate surface area is 130 Å². The van der Waals surface area contributed by atoms with E-state index in [-0.39, 0.29) is 12.1 Å². The number of likely N-dealkylation sites (tertiary alicyclic amines) is 1. The summed E-state index contributed by atoms with van der Waals surface area (Å²) in [6, 6.07) is 2.28. The molecule has 3 rings (SSSR count). The Bertz CT molecular complexity index is 477. The second-order valence-corrected chi connectivity index (χ2v) is 6.90. The van der Waals surface area contributed by atoms with Crippen molar-refractivity contribution in [3.05, 3.63) is 22.4 Å². The van der Waals surface area contributed by atoms with E-state index in [4.69, 9.17) is 4.74 Å². The van der Waals surface area contributed by atoms with Crippen LogP contribution in [-0.2, 0) is 11.3 Å². The molecule has 21 heavy (non-hydrogen) atoms. The zero-order chi connectivity index (χ0) is 14.8. The van der Waals surface area contributed by atoms with E-state index in [0.717, 1.165) is 39.3 Å². The van der Waals surface area contributed by atoms with Crippen LogP contribution in [-0.4, -0.2) is 73.7 Å². The van der Waals surface area contributed by atoms with Crippen LogP contribution in [0.2, 0.25) is 0 Å². The summed E-state index contributed by atoms with van der Waals surface area (Å²) in [6.45, 7) is 5.27. The molecule has 6 heteroatoms. The highest BCUT2D eigenvalue weighted by Gasteiger charge is 2.38. The number of hydrogen-bond acceptors (Lipinski definition) is 4. The number of thiophene rings is 1. The van der Waals surface area contributed by atoms with Gasteiger partial charge in [-0.25, -0.2) is 4.79 Å². The minimum Gasteiger partial charge on any atom is -0.375 e. The van der Waals surface area contributed by atoms with E-state index in [2.05, 4.69) is 21.7 Å². The van der Waals surface area contributed by atoms with Gasteiger partial charge in [-0.3, -0.25) is 4.90 Å². The zero-order valence-electron chi connectivity index (χ0n) is 12.7. The summed E-state index contributed by atoms with van der Waals surface area (Å²) in [5, 5.41) is 4.33. The monoisotopic (exact) mass is 309 g/mol. The van der Waals surface area contributed by atoms with Gasteiger partial charge in [-0.1, -0.05) is 0 Å². The van der Waals surface area contributed by atoms with Crippen molar-refractivity contribution in [2.75, 3.05) is 46.9 Å². The van der Waals surface area contributed by atoms with Gasteiger partial charge in [0, 0.05) is 52.7 Å². The Morgan fingerprint density at radius 2 is 2.29 bits per heavy atom. The third-order valence-electron chi connectivity index (χ3n) is 4.25. The molecule has 3 heterocycles. The van der Waals surface area contributed by atoms with Crippen LogP contribution in [0.1, 0.15) is 5.56 Å². The molecule has 0 aliphatic carbocycles. The molecule has 2 amide bonds. The average molecular weight is 309 g/mol. The molecule has 2 atom stereocenters. The van der Waals surface area contributed by atoms with Gasteiger partial charge < -0.3 is 14.5 Å². The Balaban J connectivity index is 1.61. The summed E-state index contributed by atoms with van der Waals surface area (Å²) in [7, 11) is 3.61. The van der Waals surface area contributed by atoms with Crippen LogP contribution in [0.4, 0.5) is 4.79 Å². The molecule has 0 radical (unpaired) electrons. The predicted molar refractivity (Wildman–Crippen MR) is 83.5 cm³/mol. The van der Waals surface area contributed by atoms with Crippen molar-refractivity contribution in [3.8, 4) is 0 Å².